The van der Waals surface area contributed by atoms with Crippen molar-refractivity contribution in [2.75, 3.05) is 19.6 Å². The van der Waals surface area contributed by atoms with Gasteiger partial charge in [-0.15, -0.1) is 0 Å². The first-order valence-corrected chi connectivity index (χ1v) is 8.22. The molecule has 1 N–H and O–H groups in total. The van der Waals surface area contributed by atoms with E-state index in [4.69, 9.17) is 0 Å². The number of aromatic hydroxyl groups is 1. The van der Waals surface area contributed by atoms with Crippen molar-refractivity contribution in [2.45, 2.75) is 31.6 Å². The molecule has 0 unspecified atom stereocenters. The smallest absolute Gasteiger partial charge is 0.115 e. The molecule has 0 spiro atoms. The lowest BCUT2D eigenvalue weighted by Crippen LogP contribution is -2.45. The van der Waals surface area contributed by atoms with Gasteiger partial charge in [-0.2, -0.15) is 0 Å². The van der Waals surface area contributed by atoms with Gasteiger partial charge in [0.15, 0.2) is 0 Å². The van der Waals surface area contributed by atoms with Crippen LogP contribution in [0.15, 0.2) is 54.6 Å². The third-order valence-electron chi connectivity index (χ3n) is 4.88. The molecule has 2 aromatic rings. The van der Waals surface area contributed by atoms with Gasteiger partial charge in [-0.25, -0.2) is 0 Å². The zero-order valence-corrected chi connectivity index (χ0v) is 13.3. The molecule has 2 heteroatoms. The maximum atomic E-state index is 9.76. The fourth-order valence-corrected chi connectivity index (χ4v) is 3.58. The maximum absolute atomic E-state index is 9.76. The summed E-state index contributed by atoms with van der Waals surface area (Å²) >= 11 is 0. The average molecular weight is 295 g/mol. The van der Waals surface area contributed by atoms with E-state index in [-0.39, 0.29) is 5.41 Å². The number of piperidine rings is 1. The van der Waals surface area contributed by atoms with E-state index in [0.717, 1.165) is 19.5 Å². The lowest BCUT2D eigenvalue weighted by Gasteiger charge is -2.41. The Balaban J connectivity index is 1.66. The number of likely N-dealkylation sites (tertiary alicyclic amines) is 1. The van der Waals surface area contributed by atoms with Crippen LogP contribution >= 0.6 is 0 Å². The summed E-state index contributed by atoms with van der Waals surface area (Å²) < 4.78 is 0. The quantitative estimate of drug-likeness (QED) is 0.922. The minimum Gasteiger partial charge on any atom is -0.508 e. The largest absolute Gasteiger partial charge is 0.508 e. The lowest BCUT2D eigenvalue weighted by molar-refractivity contribution is 0.158. The van der Waals surface area contributed by atoms with Crippen LogP contribution in [-0.2, 0) is 11.8 Å². The highest BCUT2D eigenvalue weighted by Gasteiger charge is 2.32. The van der Waals surface area contributed by atoms with Crippen LogP contribution in [0, 0.1) is 0 Å². The number of hydrogen-bond donors (Lipinski definition) is 1. The molecule has 1 aliphatic heterocycles. The van der Waals surface area contributed by atoms with E-state index in [2.05, 4.69) is 48.2 Å². The van der Waals surface area contributed by atoms with Gasteiger partial charge in [0.25, 0.3) is 0 Å². The average Bonchev–Trinajstić information content (AvgIpc) is 2.54. The predicted molar refractivity (Wildman–Crippen MR) is 91.3 cm³/mol. The topological polar surface area (TPSA) is 23.5 Å². The Hall–Kier alpha value is -1.80. The van der Waals surface area contributed by atoms with Crippen molar-refractivity contribution in [1.82, 2.24) is 4.90 Å². The fraction of sp³-hybridized carbons (Fsp3) is 0.400. The van der Waals surface area contributed by atoms with Crippen LogP contribution in [0.5, 0.6) is 5.75 Å². The van der Waals surface area contributed by atoms with Crippen LogP contribution in [0.25, 0.3) is 0 Å². The van der Waals surface area contributed by atoms with E-state index in [9.17, 15) is 5.11 Å². The molecule has 22 heavy (non-hydrogen) atoms. The third-order valence-corrected chi connectivity index (χ3v) is 4.88. The SMILES string of the molecule is C[C@]1(c2cccc(O)c2)CCCN(CCc2ccccc2)C1. The molecule has 0 aromatic heterocycles. The Morgan fingerprint density at radius 2 is 1.91 bits per heavy atom. The molecule has 0 saturated carbocycles. The van der Waals surface area contributed by atoms with Crippen LogP contribution in [-0.4, -0.2) is 29.6 Å². The highest BCUT2D eigenvalue weighted by molar-refractivity contribution is 5.33. The van der Waals surface area contributed by atoms with E-state index in [1.807, 2.05) is 12.1 Å². The van der Waals surface area contributed by atoms with Crippen molar-refractivity contribution in [3.8, 4) is 5.75 Å². The molecule has 2 aromatic carbocycles. The molecule has 0 amide bonds. The summed E-state index contributed by atoms with van der Waals surface area (Å²) in [5, 5.41) is 9.76. The maximum Gasteiger partial charge on any atom is 0.115 e. The van der Waals surface area contributed by atoms with E-state index in [1.54, 1.807) is 6.07 Å². The summed E-state index contributed by atoms with van der Waals surface area (Å²) in [6, 6.07) is 18.5. The fourth-order valence-electron chi connectivity index (χ4n) is 3.58. The van der Waals surface area contributed by atoms with Crippen LogP contribution in [0.4, 0.5) is 0 Å². The van der Waals surface area contributed by atoms with Crippen molar-refractivity contribution in [1.29, 1.82) is 0 Å². The van der Waals surface area contributed by atoms with Crippen molar-refractivity contribution in [3.05, 3.63) is 65.7 Å². The standard InChI is InChI=1S/C20H25NO/c1-20(18-9-5-10-19(22)15-18)12-6-13-21(16-20)14-11-17-7-3-2-4-8-17/h2-5,7-10,15,22H,6,11-14,16H2,1H3/t20-/m0/s1. The second-order valence-electron chi connectivity index (χ2n) is 6.73. The zero-order chi connectivity index (χ0) is 15.4. The molecule has 1 aliphatic rings. The minimum atomic E-state index is 0.147. The van der Waals surface area contributed by atoms with E-state index in [0.29, 0.717) is 5.75 Å². The molecule has 1 atom stereocenters. The summed E-state index contributed by atoms with van der Waals surface area (Å²) in [6.07, 6.45) is 3.52. The van der Waals surface area contributed by atoms with Gasteiger partial charge >= 0.3 is 0 Å². The Morgan fingerprint density at radius 3 is 2.68 bits per heavy atom. The van der Waals surface area contributed by atoms with Gasteiger partial charge in [0.2, 0.25) is 0 Å². The van der Waals surface area contributed by atoms with Gasteiger partial charge in [-0.05, 0) is 49.1 Å². The number of benzene rings is 2. The van der Waals surface area contributed by atoms with Gasteiger partial charge < -0.3 is 10.0 Å². The molecule has 0 bridgehead atoms. The predicted octanol–water partition coefficient (Wildman–Crippen LogP) is 3.99. The minimum absolute atomic E-state index is 0.147. The molecular formula is C20H25NO. The normalized spacial score (nSPS) is 22.6. The Kier molecular flexibility index (Phi) is 4.49. The van der Waals surface area contributed by atoms with Crippen molar-refractivity contribution < 1.29 is 5.11 Å². The molecule has 0 radical (unpaired) electrons. The zero-order valence-electron chi connectivity index (χ0n) is 13.3. The van der Waals surface area contributed by atoms with Crippen LogP contribution in [0.3, 0.4) is 0 Å². The number of phenolic OH excluding ortho intramolecular Hbond substituents is 1. The summed E-state index contributed by atoms with van der Waals surface area (Å²) in [5.41, 5.74) is 2.82. The lowest BCUT2D eigenvalue weighted by atomic mass is 9.76. The molecule has 3 rings (SSSR count). The molecule has 1 fully saturated rings. The van der Waals surface area contributed by atoms with Crippen LogP contribution in [0.2, 0.25) is 0 Å². The number of phenols is 1. The summed E-state index contributed by atoms with van der Waals surface area (Å²) in [4.78, 5) is 2.57. The van der Waals surface area contributed by atoms with Crippen molar-refractivity contribution >= 4 is 0 Å². The third kappa shape index (κ3) is 3.50. The van der Waals surface area contributed by atoms with Crippen LogP contribution < -0.4 is 0 Å². The van der Waals surface area contributed by atoms with E-state index < -0.39 is 0 Å². The Labute approximate surface area is 133 Å². The van der Waals surface area contributed by atoms with Gasteiger partial charge in [0.1, 0.15) is 5.75 Å². The molecule has 1 saturated heterocycles. The molecule has 0 aliphatic carbocycles. The van der Waals surface area contributed by atoms with Gasteiger partial charge in [0.05, 0.1) is 0 Å². The van der Waals surface area contributed by atoms with Crippen molar-refractivity contribution in [2.24, 2.45) is 0 Å². The second kappa shape index (κ2) is 6.53. The second-order valence-corrected chi connectivity index (χ2v) is 6.73. The van der Waals surface area contributed by atoms with Gasteiger partial charge in [0, 0.05) is 18.5 Å². The molecular weight excluding hydrogens is 270 g/mol. The molecule has 1 heterocycles. The number of nitrogens with zero attached hydrogens (tertiary/aromatic N) is 1. The summed E-state index contributed by atoms with van der Waals surface area (Å²) in [6.45, 7) is 5.69. The first kappa shape index (κ1) is 15.1. The summed E-state index contributed by atoms with van der Waals surface area (Å²) in [5.74, 6) is 0.375. The highest BCUT2D eigenvalue weighted by atomic mass is 16.3. The summed E-state index contributed by atoms with van der Waals surface area (Å²) in [7, 11) is 0. The monoisotopic (exact) mass is 295 g/mol. The first-order valence-electron chi connectivity index (χ1n) is 8.22. The molecule has 2 nitrogen and oxygen atoms in total. The number of rotatable bonds is 4. The van der Waals surface area contributed by atoms with E-state index >= 15 is 0 Å². The highest BCUT2D eigenvalue weighted by Crippen LogP contribution is 2.34. The van der Waals surface area contributed by atoms with Gasteiger partial charge in [-0.3, -0.25) is 0 Å². The van der Waals surface area contributed by atoms with Crippen molar-refractivity contribution in [3.63, 3.8) is 0 Å². The molecule has 116 valence electrons. The number of hydrogen-bond acceptors (Lipinski definition) is 2. The Bertz CT molecular complexity index is 610. The first-order chi connectivity index (χ1) is 10.7. The van der Waals surface area contributed by atoms with Gasteiger partial charge in [-0.1, -0.05) is 49.4 Å². The van der Waals surface area contributed by atoms with E-state index in [1.165, 1.54) is 30.5 Å². The van der Waals surface area contributed by atoms with Crippen LogP contribution in [0.1, 0.15) is 30.9 Å². The Morgan fingerprint density at radius 1 is 1.09 bits per heavy atom.